The summed E-state index contributed by atoms with van der Waals surface area (Å²) in [4.78, 5) is 13.6. The normalized spacial score (nSPS) is 17.8. The van der Waals surface area contributed by atoms with Crippen LogP contribution in [0.2, 0.25) is 0 Å². The Bertz CT molecular complexity index is 543. The van der Waals surface area contributed by atoms with E-state index in [-0.39, 0.29) is 5.91 Å². The number of carbonyl (C=O) groups excluding carboxylic acids is 1. The average Bonchev–Trinajstić information content (AvgIpc) is 2.61. The van der Waals surface area contributed by atoms with E-state index in [1.54, 1.807) is 13.1 Å². The van der Waals surface area contributed by atoms with Crippen LogP contribution in [0.15, 0.2) is 12.1 Å². The van der Waals surface area contributed by atoms with Gasteiger partial charge in [-0.3, -0.25) is 4.79 Å². The summed E-state index contributed by atoms with van der Waals surface area (Å²) in [6.45, 7) is 6.80. The third kappa shape index (κ3) is 5.16. The molecule has 146 valence electrons. The van der Waals surface area contributed by atoms with Gasteiger partial charge in [0.25, 0.3) is 5.91 Å². The molecule has 1 amide bonds. The van der Waals surface area contributed by atoms with Crippen LogP contribution in [0.4, 0.5) is 5.82 Å². The molecule has 6 nitrogen and oxygen atoms in total. The Kier molecular flexibility index (Phi) is 7.82. The summed E-state index contributed by atoms with van der Waals surface area (Å²) >= 11 is 0. The zero-order valence-corrected chi connectivity index (χ0v) is 16.5. The lowest BCUT2D eigenvalue weighted by molar-refractivity contribution is 0.0106. The molecule has 0 aromatic carbocycles. The van der Waals surface area contributed by atoms with Crippen molar-refractivity contribution in [1.29, 1.82) is 0 Å². The van der Waals surface area contributed by atoms with Crippen molar-refractivity contribution >= 4 is 11.7 Å². The SMILES string of the molecule is CCCCCC.CNC(=O)c1ccc(N2CC3(CC(CCO)C3)C2)nn1. The van der Waals surface area contributed by atoms with Crippen LogP contribution in [0.5, 0.6) is 0 Å². The van der Waals surface area contributed by atoms with Crippen LogP contribution < -0.4 is 10.2 Å². The molecule has 2 heterocycles. The number of carbonyl (C=O) groups is 1. The maximum atomic E-state index is 11.4. The lowest BCUT2D eigenvalue weighted by Crippen LogP contribution is -2.62. The molecule has 1 aliphatic heterocycles. The Morgan fingerprint density at radius 1 is 1.23 bits per heavy atom. The van der Waals surface area contributed by atoms with Gasteiger partial charge in [-0.1, -0.05) is 39.5 Å². The summed E-state index contributed by atoms with van der Waals surface area (Å²) < 4.78 is 0. The maximum absolute atomic E-state index is 11.4. The molecular formula is C20H34N4O2. The number of amides is 1. The molecule has 0 unspecified atom stereocenters. The Balaban J connectivity index is 0.000000352. The van der Waals surface area contributed by atoms with Crippen LogP contribution in [0.3, 0.4) is 0 Å². The molecule has 2 fully saturated rings. The number of aromatic nitrogens is 2. The number of rotatable bonds is 7. The summed E-state index contributed by atoms with van der Waals surface area (Å²) in [5, 5.41) is 19.5. The van der Waals surface area contributed by atoms with E-state index < -0.39 is 0 Å². The molecule has 1 aliphatic carbocycles. The van der Waals surface area contributed by atoms with E-state index >= 15 is 0 Å². The molecule has 1 saturated carbocycles. The molecule has 0 radical (unpaired) electrons. The van der Waals surface area contributed by atoms with Gasteiger partial charge in [0.15, 0.2) is 11.5 Å². The third-order valence-electron chi connectivity index (χ3n) is 5.42. The van der Waals surface area contributed by atoms with Crippen LogP contribution in [0.1, 0.15) is 69.3 Å². The number of aliphatic hydroxyl groups excluding tert-OH is 1. The average molecular weight is 363 g/mol. The van der Waals surface area contributed by atoms with Crippen molar-refractivity contribution < 1.29 is 9.90 Å². The minimum absolute atomic E-state index is 0.213. The van der Waals surface area contributed by atoms with Crippen LogP contribution in [-0.4, -0.2) is 48.0 Å². The number of aliphatic hydroxyl groups is 1. The first-order valence-corrected chi connectivity index (χ1v) is 9.99. The Morgan fingerprint density at radius 3 is 2.35 bits per heavy atom. The Hall–Kier alpha value is -1.69. The number of unbranched alkanes of at least 4 members (excludes halogenated alkanes) is 3. The Morgan fingerprint density at radius 2 is 1.88 bits per heavy atom. The second-order valence-electron chi connectivity index (χ2n) is 7.71. The van der Waals surface area contributed by atoms with Gasteiger partial charge in [-0.2, -0.15) is 0 Å². The summed E-state index contributed by atoms with van der Waals surface area (Å²) in [5.41, 5.74) is 0.791. The van der Waals surface area contributed by atoms with Crippen molar-refractivity contribution in [2.45, 2.75) is 58.8 Å². The summed E-state index contributed by atoms with van der Waals surface area (Å²) in [5.74, 6) is 1.33. The summed E-state index contributed by atoms with van der Waals surface area (Å²) in [6.07, 6.45) is 8.90. The first kappa shape index (κ1) is 20.6. The van der Waals surface area contributed by atoms with Gasteiger partial charge < -0.3 is 15.3 Å². The fourth-order valence-electron chi connectivity index (χ4n) is 3.98. The monoisotopic (exact) mass is 362 g/mol. The number of hydrogen-bond donors (Lipinski definition) is 2. The molecular weight excluding hydrogens is 328 g/mol. The first-order valence-electron chi connectivity index (χ1n) is 9.99. The molecule has 0 atom stereocenters. The second-order valence-corrected chi connectivity index (χ2v) is 7.71. The molecule has 26 heavy (non-hydrogen) atoms. The number of nitrogens with zero attached hydrogens (tertiary/aromatic N) is 3. The number of nitrogens with one attached hydrogen (secondary N) is 1. The largest absolute Gasteiger partial charge is 0.396 e. The third-order valence-corrected chi connectivity index (χ3v) is 5.42. The lowest BCUT2D eigenvalue weighted by atomic mass is 9.57. The van der Waals surface area contributed by atoms with Crippen molar-refractivity contribution in [3.05, 3.63) is 17.8 Å². The zero-order chi connectivity index (χ0) is 19.0. The lowest BCUT2D eigenvalue weighted by Gasteiger charge is -2.59. The van der Waals surface area contributed by atoms with E-state index in [0.29, 0.717) is 23.6 Å². The minimum atomic E-state index is -0.213. The topological polar surface area (TPSA) is 78.4 Å². The van der Waals surface area contributed by atoms with E-state index in [1.165, 1.54) is 38.5 Å². The molecule has 0 bridgehead atoms. The molecule has 3 rings (SSSR count). The zero-order valence-electron chi connectivity index (χ0n) is 16.5. The van der Waals surface area contributed by atoms with Crippen LogP contribution in [0.25, 0.3) is 0 Å². The van der Waals surface area contributed by atoms with Crippen molar-refractivity contribution in [3.8, 4) is 0 Å². The van der Waals surface area contributed by atoms with E-state index in [1.807, 2.05) is 6.07 Å². The predicted octanol–water partition coefficient (Wildman–Crippen LogP) is 3.02. The van der Waals surface area contributed by atoms with Crippen LogP contribution >= 0.6 is 0 Å². The van der Waals surface area contributed by atoms with Crippen LogP contribution in [-0.2, 0) is 0 Å². The van der Waals surface area contributed by atoms with Crippen molar-refractivity contribution in [2.24, 2.45) is 11.3 Å². The predicted molar refractivity (Wildman–Crippen MR) is 104 cm³/mol. The second kappa shape index (κ2) is 9.86. The van der Waals surface area contributed by atoms with Gasteiger partial charge in [-0.15, -0.1) is 10.2 Å². The first-order chi connectivity index (χ1) is 12.6. The standard InChI is InChI=1S/C14H20N4O2.C6H14/c1-15-13(20)11-2-3-12(17-16-11)18-8-14(9-18)6-10(7-14)4-5-19;1-3-5-6-4-2/h2-3,10,19H,4-9H2,1H3,(H,15,20);3-6H2,1-2H3. The molecule has 1 aromatic rings. The fourth-order valence-corrected chi connectivity index (χ4v) is 3.98. The van der Waals surface area contributed by atoms with E-state index in [2.05, 4.69) is 34.3 Å². The molecule has 2 N–H and O–H groups in total. The molecule has 6 heteroatoms. The molecule has 1 spiro atoms. The smallest absolute Gasteiger partial charge is 0.271 e. The highest BCUT2D eigenvalue weighted by Gasteiger charge is 2.52. The van der Waals surface area contributed by atoms with E-state index in [0.717, 1.165) is 25.3 Å². The van der Waals surface area contributed by atoms with Crippen molar-refractivity contribution in [3.63, 3.8) is 0 Å². The van der Waals surface area contributed by atoms with Gasteiger partial charge in [0.1, 0.15) is 0 Å². The van der Waals surface area contributed by atoms with Gasteiger partial charge in [0.05, 0.1) is 0 Å². The van der Waals surface area contributed by atoms with Gasteiger partial charge in [0, 0.05) is 32.2 Å². The van der Waals surface area contributed by atoms with Crippen LogP contribution in [0, 0.1) is 11.3 Å². The maximum Gasteiger partial charge on any atom is 0.271 e. The quantitative estimate of drug-likeness (QED) is 0.729. The highest BCUT2D eigenvalue weighted by atomic mass is 16.3. The number of hydrogen-bond acceptors (Lipinski definition) is 5. The van der Waals surface area contributed by atoms with E-state index in [9.17, 15) is 4.79 Å². The highest BCUT2D eigenvalue weighted by molar-refractivity contribution is 5.91. The highest BCUT2D eigenvalue weighted by Crippen LogP contribution is 2.53. The van der Waals surface area contributed by atoms with Gasteiger partial charge in [-0.05, 0) is 37.3 Å². The molecule has 1 saturated heterocycles. The van der Waals surface area contributed by atoms with Gasteiger partial charge in [-0.25, -0.2) is 0 Å². The minimum Gasteiger partial charge on any atom is -0.396 e. The summed E-state index contributed by atoms with van der Waals surface area (Å²) in [6, 6.07) is 3.57. The number of anilines is 1. The summed E-state index contributed by atoms with van der Waals surface area (Å²) in [7, 11) is 1.58. The van der Waals surface area contributed by atoms with Gasteiger partial charge >= 0.3 is 0 Å². The van der Waals surface area contributed by atoms with Gasteiger partial charge in [0.2, 0.25) is 0 Å². The van der Waals surface area contributed by atoms with Crippen molar-refractivity contribution in [1.82, 2.24) is 15.5 Å². The Labute approximate surface area is 157 Å². The molecule has 1 aromatic heterocycles. The van der Waals surface area contributed by atoms with Crippen molar-refractivity contribution in [2.75, 3.05) is 31.6 Å². The van der Waals surface area contributed by atoms with E-state index in [4.69, 9.17) is 5.11 Å². The molecule has 2 aliphatic rings. The fraction of sp³-hybridized carbons (Fsp3) is 0.750.